The summed E-state index contributed by atoms with van der Waals surface area (Å²) in [5.74, 6) is -2.65. The Labute approximate surface area is 356 Å². The maximum atomic E-state index is 13.1. The van der Waals surface area contributed by atoms with Crippen molar-refractivity contribution in [1.82, 2.24) is 0 Å². The Morgan fingerprint density at radius 1 is 0.517 bits per heavy atom. The second-order valence-electron chi connectivity index (χ2n) is 16.5. The van der Waals surface area contributed by atoms with E-state index in [-0.39, 0.29) is 37.2 Å². The molecule has 0 heterocycles. The molecular formula is C50H64O10. The third-order valence-corrected chi connectivity index (χ3v) is 10.3. The summed E-state index contributed by atoms with van der Waals surface area (Å²) in [6.07, 6.45) is 26.3. The number of methoxy groups -OCH3 is 2. The number of hydrogen-bond donors (Lipinski definition) is 0. The van der Waals surface area contributed by atoms with E-state index < -0.39 is 46.9 Å². The zero-order valence-electron chi connectivity index (χ0n) is 37.6. The fourth-order valence-electron chi connectivity index (χ4n) is 6.80. The number of carbonyl (C=O) groups is 6. The average Bonchev–Trinajstić information content (AvgIpc) is 3.18. The first-order valence-electron chi connectivity index (χ1n) is 20.2. The molecule has 324 valence electrons. The van der Waals surface area contributed by atoms with E-state index in [1.165, 1.54) is 14.2 Å². The molecule has 0 fully saturated rings. The molecular weight excluding hydrogens is 761 g/mol. The molecule has 2 atom stereocenters. The van der Waals surface area contributed by atoms with Crippen molar-refractivity contribution in [3.05, 3.63) is 130 Å². The van der Waals surface area contributed by atoms with Gasteiger partial charge in [0.2, 0.25) is 0 Å². The van der Waals surface area contributed by atoms with Gasteiger partial charge in [0, 0.05) is 12.8 Å². The molecule has 10 heteroatoms. The second-order valence-corrected chi connectivity index (χ2v) is 16.5. The lowest BCUT2D eigenvalue weighted by molar-refractivity contribution is -0.158. The molecule has 0 aromatic rings. The molecule has 0 aromatic carbocycles. The Bertz CT molecular complexity index is 1850. The molecule has 10 nitrogen and oxygen atoms in total. The van der Waals surface area contributed by atoms with Crippen LogP contribution in [0.1, 0.15) is 108 Å². The topological polar surface area (TPSA) is 139 Å². The summed E-state index contributed by atoms with van der Waals surface area (Å²) in [6.45, 7) is 19.6. The quantitative estimate of drug-likeness (QED) is 0.0746. The van der Waals surface area contributed by atoms with Crippen LogP contribution < -0.4 is 0 Å². The maximum absolute atomic E-state index is 13.1. The predicted molar refractivity (Wildman–Crippen MR) is 235 cm³/mol. The van der Waals surface area contributed by atoms with Crippen molar-refractivity contribution in [1.29, 1.82) is 0 Å². The highest BCUT2D eigenvalue weighted by molar-refractivity contribution is 6.02. The van der Waals surface area contributed by atoms with Crippen molar-refractivity contribution in [3.8, 4) is 0 Å². The van der Waals surface area contributed by atoms with Crippen molar-refractivity contribution in [2.45, 2.75) is 120 Å². The molecule has 0 aliphatic heterocycles. The van der Waals surface area contributed by atoms with Gasteiger partial charge in [-0.2, -0.15) is 0 Å². The van der Waals surface area contributed by atoms with E-state index in [9.17, 15) is 28.8 Å². The number of hydrogen-bond acceptors (Lipinski definition) is 10. The molecule has 0 saturated heterocycles. The van der Waals surface area contributed by atoms with Gasteiger partial charge in [-0.15, -0.1) is 0 Å². The Morgan fingerprint density at radius 2 is 0.817 bits per heavy atom. The first-order valence-corrected chi connectivity index (χ1v) is 20.2. The van der Waals surface area contributed by atoms with Crippen molar-refractivity contribution >= 4 is 35.4 Å². The largest absolute Gasteiger partial charge is 0.469 e. The minimum absolute atomic E-state index is 0.0913. The maximum Gasteiger partial charge on any atom is 0.307 e. The Kier molecular flexibility index (Phi) is 20.1. The van der Waals surface area contributed by atoms with E-state index in [4.69, 9.17) is 9.47 Å². The SMILES string of the molecule is COC(=O)CCC(=O)OC1CC(C)(C)C(/C=C/C(C)=C/C=C/C(C)=C/C=C/C=C(C)/C=C/C=C(C)/C=C/C2=C(C)C(=O)C(OC(=O)CCC(=O)OC)CC2(C)C)=C(C)C1=O. The summed E-state index contributed by atoms with van der Waals surface area (Å²) in [4.78, 5) is 73.4. The molecule has 0 spiro atoms. The van der Waals surface area contributed by atoms with Gasteiger partial charge in [0.15, 0.2) is 23.8 Å². The summed E-state index contributed by atoms with van der Waals surface area (Å²) in [6, 6.07) is 0. The first-order chi connectivity index (χ1) is 28.1. The van der Waals surface area contributed by atoms with Crippen LogP contribution in [0, 0.1) is 10.8 Å². The van der Waals surface area contributed by atoms with E-state index in [0.29, 0.717) is 24.0 Å². The highest BCUT2D eigenvalue weighted by Crippen LogP contribution is 2.42. The predicted octanol–water partition coefficient (Wildman–Crippen LogP) is 9.91. The fourth-order valence-corrected chi connectivity index (χ4v) is 6.80. The monoisotopic (exact) mass is 824 g/mol. The number of Topliss-reactive ketones (excluding diaryl/α,β-unsaturated/α-hetero) is 2. The number of ether oxygens (including phenoxy) is 4. The molecule has 2 aliphatic rings. The number of esters is 4. The zero-order valence-corrected chi connectivity index (χ0v) is 37.6. The minimum Gasteiger partial charge on any atom is -0.469 e. The van der Waals surface area contributed by atoms with Crippen molar-refractivity contribution in [2.24, 2.45) is 10.8 Å². The van der Waals surface area contributed by atoms with Gasteiger partial charge in [-0.25, -0.2) is 0 Å². The van der Waals surface area contributed by atoms with Crippen LogP contribution in [0.25, 0.3) is 0 Å². The van der Waals surface area contributed by atoms with Gasteiger partial charge in [0.05, 0.1) is 39.9 Å². The van der Waals surface area contributed by atoms with E-state index in [2.05, 4.69) is 9.47 Å². The number of carbonyl (C=O) groups excluding carboxylic acids is 6. The van der Waals surface area contributed by atoms with E-state index in [0.717, 1.165) is 33.4 Å². The number of rotatable bonds is 18. The standard InChI is InChI=1S/C50H64O10/c1-33(19-15-21-35(3)23-25-39-37(5)47(55)41(31-49(39,7)8)59-45(53)29-27-43(51)57-11)17-13-14-18-34(2)20-16-22-36(4)24-26-40-38(6)48(56)42(32-50(40,9)10)60-46(54)30-28-44(52)58-12/h13-26,41-42H,27-32H2,1-12H3/b14-13+,19-15+,20-16+,25-23+,26-24+,33-17+,34-18+,35-21+,36-22+. The lowest BCUT2D eigenvalue weighted by Crippen LogP contribution is -2.39. The third-order valence-electron chi connectivity index (χ3n) is 10.3. The van der Waals surface area contributed by atoms with Crippen molar-refractivity contribution in [2.75, 3.05) is 14.2 Å². The lowest BCUT2D eigenvalue weighted by Gasteiger charge is -2.36. The van der Waals surface area contributed by atoms with Gasteiger partial charge in [-0.05, 0) is 74.7 Å². The van der Waals surface area contributed by atoms with Crippen LogP contribution in [-0.2, 0) is 47.7 Å². The highest BCUT2D eigenvalue weighted by atomic mass is 16.6. The molecule has 2 unspecified atom stereocenters. The van der Waals surface area contributed by atoms with E-state index >= 15 is 0 Å². The van der Waals surface area contributed by atoms with Crippen LogP contribution in [0.5, 0.6) is 0 Å². The Hall–Kier alpha value is -5.64. The molecule has 2 rings (SSSR count). The third kappa shape index (κ3) is 16.5. The normalized spacial score (nSPS) is 20.7. The molecule has 2 aliphatic carbocycles. The summed E-state index contributed by atoms with van der Waals surface area (Å²) >= 11 is 0. The highest BCUT2D eigenvalue weighted by Gasteiger charge is 2.41. The van der Waals surface area contributed by atoms with Crippen molar-refractivity contribution < 1.29 is 47.7 Å². The van der Waals surface area contributed by atoms with Crippen LogP contribution in [0.4, 0.5) is 0 Å². The summed E-state index contributed by atoms with van der Waals surface area (Å²) in [5.41, 5.74) is 6.24. The number of ketones is 2. The van der Waals surface area contributed by atoms with Gasteiger partial charge in [0.1, 0.15) is 0 Å². The molecule has 0 aromatic heterocycles. The van der Waals surface area contributed by atoms with Crippen LogP contribution >= 0.6 is 0 Å². The van der Waals surface area contributed by atoms with Gasteiger partial charge in [0.25, 0.3) is 0 Å². The van der Waals surface area contributed by atoms with Gasteiger partial charge in [-0.1, -0.05) is 135 Å². The van der Waals surface area contributed by atoms with Crippen LogP contribution in [-0.4, -0.2) is 61.9 Å². The van der Waals surface area contributed by atoms with E-state index in [1.807, 2.05) is 140 Å². The van der Waals surface area contributed by atoms with Gasteiger partial charge < -0.3 is 18.9 Å². The Morgan fingerprint density at radius 3 is 1.15 bits per heavy atom. The molecule has 0 N–H and O–H groups in total. The van der Waals surface area contributed by atoms with Crippen LogP contribution in [0.15, 0.2) is 130 Å². The zero-order chi connectivity index (χ0) is 45.2. The van der Waals surface area contributed by atoms with Crippen molar-refractivity contribution in [3.63, 3.8) is 0 Å². The molecule has 0 amide bonds. The molecule has 0 saturated carbocycles. The molecule has 0 bridgehead atoms. The summed E-state index contributed by atoms with van der Waals surface area (Å²) in [7, 11) is 2.51. The van der Waals surface area contributed by atoms with E-state index in [1.54, 1.807) is 13.8 Å². The second kappa shape index (κ2) is 23.8. The van der Waals surface area contributed by atoms with Gasteiger partial charge in [-0.3, -0.25) is 28.8 Å². The Balaban J connectivity index is 1.97. The minimum atomic E-state index is -0.882. The molecule has 60 heavy (non-hydrogen) atoms. The fraction of sp³-hybridized carbons (Fsp3) is 0.440. The number of allylic oxidation sites excluding steroid dienone is 20. The summed E-state index contributed by atoms with van der Waals surface area (Å²) in [5, 5.41) is 0. The van der Waals surface area contributed by atoms with Crippen LogP contribution in [0.2, 0.25) is 0 Å². The first kappa shape index (κ1) is 50.5. The smallest absolute Gasteiger partial charge is 0.307 e. The summed E-state index contributed by atoms with van der Waals surface area (Å²) < 4.78 is 20.1. The average molecular weight is 825 g/mol. The van der Waals surface area contributed by atoms with Crippen LogP contribution in [0.3, 0.4) is 0 Å². The lowest BCUT2D eigenvalue weighted by atomic mass is 9.71. The molecule has 0 radical (unpaired) electrons. The van der Waals surface area contributed by atoms with Gasteiger partial charge >= 0.3 is 23.9 Å².